The Bertz CT molecular complexity index is 801. The highest BCUT2D eigenvalue weighted by molar-refractivity contribution is 5.80. The number of piperidine rings is 1. The van der Waals surface area contributed by atoms with Crippen LogP contribution in [0.4, 0.5) is 5.82 Å². The summed E-state index contributed by atoms with van der Waals surface area (Å²) in [6.45, 7) is 5.87. The molecule has 1 aliphatic heterocycles. The van der Waals surface area contributed by atoms with E-state index in [0.717, 1.165) is 49.0 Å². The third-order valence-corrected chi connectivity index (χ3v) is 5.27. The largest absolute Gasteiger partial charge is 0.496 e. The second-order valence-electron chi connectivity index (χ2n) is 7.46. The van der Waals surface area contributed by atoms with Gasteiger partial charge in [-0.05, 0) is 37.5 Å². The molecule has 0 bridgehead atoms. The average Bonchev–Trinajstić information content (AvgIpc) is 2.79. The number of pyridine rings is 1. The lowest BCUT2D eigenvalue weighted by molar-refractivity contribution is 0.123. The lowest BCUT2D eigenvalue weighted by atomic mass is 10.1. The van der Waals surface area contributed by atoms with Gasteiger partial charge in [-0.15, -0.1) is 0 Å². The van der Waals surface area contributed by atoms with Crippen LogP contribution in [-0.4, -0.2) is 57.4 Å². The molecule has 2 N–H and O–H groups in total. The van der Waals surface area contributed by atoms with Gasteiger partial charge < -0.3 is 25.0 Å². The van der Waals surface area contributed by atoms with Gasteiger partial charge >= 0.3 is 0 Å². The smallest absolute Gasteiger partial charge is 0.191 e. The van der Waals surface area contributed by atoms with Crippen LogP contribution in [0.15, 0.2) is 47.6 Å². The fourth-order valence-electron chi connectivity index (χ4n) is 3.53. The van der Waals surface area contributed by atoms with Gasteiger partial charge in [0.05, 0.1) is 20.3 Å². The third-order valence-electron chi connectivity index (χ3n) is 5.27. The molecular formula is C23H33N5O2. The van der Waals surface area contributed by atoms with Crippen molar-refractivity contribution in [2.45, 2.75) is 32.4 Å². The number of aliphatic imine (C=N–C) groups is 1. The van der Waals surface area contributed by atoms with Gasteiger partial charge in [0, 0.05) is 44.5 Å². The van der Waals surface area contributed by atoms with Crippen LogP contribution in [0.1, 0.15) is 24.0 Å². The van der Waals surface area contributed by atoms with Crippen molar-refractivity contribution in [3.63, 3.8) is 0 Å². The van der Waals surface area contributed by atoms with Crippen LogP contribution in [0, 0.1) is 6.92 Å². The number of nitrogens with zero attached hydrogens (tertiary/aromatic N) is 3. The molecule has 7 heteroatoms. The Morgan fingerprint density at radius 3 is 2.70 bits per heavy atom. The van der Waals surface area contributed by atoms with Gasteiger partial charge in [0.15, 0.2) is 5.96 Å². The molecule has 1 aromatic carbocycles. The van der Waals surface area contributed by atoms with Crippen molar-refractivity contribution in [1.29, 1.82) is 0 Å². The van der Waals surface area contributed by atoms with Gasteiger partial charge in [-0.1, -0.05) is 24.3 Å². The SMILES string of the molecule is CN=C(NCCOCc1ccccc1OC)NC1CCN(c2ccc(C)cn2)CC1. The van der Waals surface area contributed by atoms with Crippen molar-refractivity contribution in [1.82, 2.24) is 15.6 Å². The second-order valence-corrected chi connectivity index (χ2v) is 7.46. The first-order valence-corrected chi connectivity index (χ1v) is 10.5. The summed E-state index contributed by atoms with van der Waals surface area (Å²) in [7, 11) is 3.48. The number of benzene rings is 1. The number of nitrogens with one attached hydrogen (secondary N) is 2. The van der Waals surface area contributed by atoms with E-state index in [-0.39, 0.29) is 0 Å². The zero-order valence-corrected chi connectivity index (χ0v) is 18.2. The summed E-state index contributed by atoms with van der Waals surface area (Å²) in [5.74, 6) is 2.74. The summed E-state index contributed by atoms with van der Waals surface area (Å²) in [6, 6.07) is 12.6. The van der Waals surface area contributed by atoms with Crippen molar-refractivity contribution in [3.05, 3.63) is 53.7 Å². The predicted molar refractivity (Wildman–Crippen MR) is 121 cm³/mol. The fraction of sp³-hybridized carbons (Fsp3) is 0.478. The van der Waals surface area contributed by atoms with Crippen molar-refractivity contribution in [2.75, 3.05) is 45.3 Å². The Kier molecular flexibility index (Phi) is 8.32. The molecule has 1 fully saturated rings. The summed E-state index contributed by atoms with van der Waals surface area (Å²) in [5, 5.41) is 6.87. The fourth-order valence-corrected chi connectivity index (χ4v) is 3.53. The summed E-state index contributed by atoms with van der Waals surface area (Å²) in [5.41, 5.74) is 2.24. The first-order chi connectivity index (χ1) is 14.7. The summed E-state index contributed by atoms with van der Waals surface area (Å²) < 4.78 is 11.1. The van der Waals surface area contributed by atoms with Gasteiger partial charge in [-0.2, -0.15) is 0 Å². The van der Waals surface area contributed by atoms with Gasteiger partial charge in [0.2, 0.25) is 0 Å². The number of hydrogen-bond acceptors (Lipinski definition) is 5. The lowest BCUT2D eigenvalue weighted by Gasteiger charge is -2.33. The van der Waals surface area contributed by atoms with Crippen LogP contribution in [0.3, 0.4) is 0 Å². The van der Waals surface area contributed by atoms with Crippen LogP contribution in [0.5, 0.6) is 5.75 Å². The van der Waals surface area contributed by atoms with Crippen molar-refractivity contribution in [2.24, 2.45) is 4.99 Å². The molecule has 0 aliphatic carbocycles. The maximum Gasteiger partial charge on any atom is 0.191 e. The van der Waals surface area contributed by atoms with Gasteiger partial charge in [0.25, 0.3) is 0 Å². The minimum Gasteiger partial charge on any atom is -0.496 e. The number of anilines is 1. The number of para-hydroxylation sites is 1. The molecule has 0 unspecified atom stereocenters. The zero-order chi connectivity index (χ0) is 21.2. The quantitative estimate of drug-likeness (QED) is 0.395. The number of guanidine groups is 1. The first kappa shape index (κ1) is 21.9. The molecular weight excluding hydrogens is 378 g/mol. The molecule has 0 spiro atoms. The van der Waals surface area contributed by atoms with E-state index in [1.165, 1.54) is 5.56 Å². The highest BCUT2D eigenvalue weighted by Crippen LogP contribution is 2.19. The first-order valence-electron chi connectivity index (χ1n) is 10.5. The second kappa shape index (κ2) is 11.4. The van der Waals surface area contributed by atoms with Crippen LogP contribution in [0.2, 0.25) is 0 Å². The van der Waals surface area contributed by atoms with E-state index in [1.54, 1.807) is 14.2 Å². The summed E-state index contributed by atoms with van der Waals surface area (Å²) >= 11 is 0. The van der Waals surface area contributed by atoms with Gasteiger partial charge in [0.1, 0.15) is 11.6 Å². The lowest BCUT2D eigenvalue weighted by Crippen LogP contribution is -2.49. The summed E-state index contributed by atoms with van der Waals surface area (Å²) in [6.07, 6.45) is 4.04. The maximum absolute atomic E-state index is 5.78. The van der Waals surface area contributed by atoms with Gasteiger partial charge in [-0.3, -0.25) is 4.99 Å². The number of aryl methyl sites for hydroxylation is 1. The molecule has 30 heavy (non-hydrogen) atoms. The third kappa shape index (κ3) is 6.35. The molecule has 0 atom stereocenters. The molecule has 2 aromatic rings. The van der Waals surface area contributed by atoms with E-state index >= 15 is 0 Å². The van der Waals surface area contributed by atoms with Crippen LogP contribution in [0.25, 0.3) is 0 Å². The molecule has 7 nitrogen and oxygen atoms in total. The Balaban J connectivity index is 1.34. The van der Waals surface area contributed by atoms with Crippen LogP contribution < -0.4 is 20.3 Å². The molecule has 0 radical (unpaired) electrons. The zero-order valence-electron chi connectivity index (χ0n) is 18.2. The molecule has 162 valence electrons. The Hall–Kier alpha value is -2.80. The maximum atomic E-state index is 5.78. The number of ether oxygens (including phenoxy) is 2. The molecule has 0 amide bonds. The molecule has 3 rings (SSSR count). The molecule has 2 heterocycles. The van der Waals surface area contributed by atoms with Crippen LogP contribution >= 0.6 is 0 Å². The van der Waals surface area contributed by atoms with E-state index in [4.69, 9.17) is 9.47 Å². The Labute approximate surface area is 179 Å². The number of methoxy groups -OCH3 is 1. The number of aromatic nitrogens is 1. The Morgan fingerprint density at radius 1 is 1.20 bits per heavy atom. The van der Waals surface area contributed by atoms with Crippen molar-refractivity contribution < 1.29 is 9.47 Å². The summed E-state index contributed by atoms with van der Waals surface area (Å²) in [4.78, 5) is 11.2. The highest BCUT2D eigenvalue weighted by atomic mass is 16.5. The van der Waals surface area contributed by atoms with Crippen LogP contribution in [-0.2, 0) is 11.3 Å². The number of rotatable bonds is 8. The van der Waals surface area contributed by atoms with Crippen molar-refractivity contribution >= 4 is 11.8 Å². The minimum atomic E-state index is 0.410. The van der Waals surface area contributed by atoms with E-state index < -0.39 is 0 Å². The normalized spacial score (nSPS) is 15.2. The average molecular weight is 412 g/mol. The monoisotopic (exact) mass is 411 g/mol. The number of hydrogen-bond donors (Lipinski definition) is 2. The minimum absolute atomic E-state index is 0.410. The standard InChI is InChI=1S/C23H33N5O2/c1-18-8-9-22(26-16-18)28-13-10-20(11-14-28)27-23(24-2)25-12-15-30-17-19-6-4-5-7-21(19)29-3/h4-9,16,20H,10-15,17H2,1-3H3,(H2,24,25,27). The molecule has 1 aromatic heterocycles. The van der Waals surface area contributed by atoms with E-state index in [0.29, 0.717) is 25.8 Å². The molecule has 1 saturated heterocycles. The van der Waals surface area contributed by atoms with E-state index in [1.807, 2.05) is 30.5 Å². The Morgan fingerprint density at radius 2 is 2.00 bits per heavy atom. The predicted octanol–water partition coefficient (Wildman–Crippen LogP) is 2.75. The van der Waals surface area contributed by atoms with Crippen molar-refractivity contribution in [3.8, 4) is 5.75 Å². The highest BCUT2D eigenvalue weighted by Gasteiger charge is 2.20. The van der Waals surface area contributed by atoms with E-state index in [2.05, 4.69) is 44.6 Å². The van der Waals surface area contributed by atoms with Gasteiger partial charge in [-0.25, -0.2) is 4.98 Å². The molecule has 0 saturated carbocycles. The van der Waals surface area contributed by atoms with E-state index in [9.17, 15) is 0 Å². The topological polar surface area (TPSA) is 71.0 Å². The molecule has 1 aliphatic rings.